The third-order valence-corrected chi connectivity index (χ3v) is 5.52. The Balaban J connectivity index is 1.25. The van der Waals surface area contributed by atoms with Gasteiger partial charge in [0.05, 0.1) is 30.6 Å². The first-order chi connectivity index (χ1) is 17.2. The first-order valence-corrected chi connectivity index (χ1v) is 11.0. The molecule has 1 aliphatic heterocycles. The lowest BCUT2D eigenvalue weighted by Gasteiger charge is -2.41. The molecular formula is C24H22FN9O. The van der Waals surface area contributed by atoms with Gasteiger partial charge in [0.25, 0.3) is 0 Å². The SMILES string of the molecule is COC[C@H]1CN(c2ncc(C#Cc3ccc(-n4ccnc4)nc3)cn2)CCN1c1cncc(F)n1. The number of nitrogens with zero attached hydrogens (tertiary/aromatic N) is 9. The molecule has 0 amide bonds. The summed E-state index contributed by atoms with van der Waals surface area (Å²) in [4.78, 5) is 29.4. The van der Waals surface area contributed by atoms with Gasteiger partial charge in [0.2, 0.25) is 11.9 Å². The summed E-state index contributed by atoms with van der Waals surface area (Å²) in [5.41, 5.74) is 1.49. The Morgan fingerprint density at radius 1 is 0.971 bits per heavy atom. The van der Waals surface area contributed by atoms with E-state index in [9.17, 15) is 4.39 Å². The molecule has 4 aromatic rings. The van der Waals surface area contributed by atoms with E-state index in [2.05, 4.69) is 46.6 Å². The molecule has 0 spiro atoms. The van der Waals surface area contributed by atoms with Crippen molar-refractivity contribution in [2.75, 3.05) is 43.2 Å². The lowest BCUT2D eigenvalue weighted by atomic mass is 10.2. The number of hydrogen-bond donors (Lipinski definition) is 0. The fraction of sp³-hybridized carbons (Fsp3) is 0.250. The van der Waals surface area contributed by atoms with E-state index in [-0.39, 0.29) is 6.04 Å². The number of halogens is 1. The summed E-state index contributed by atoms with van der Waals surface area (Å²) in [6, 6.07) is 3.74. The molecule has 1 atom stereocenters. The number of anilines is 2. The number of pyridine rings is 1. The van der Waals surface area contributed by atoms with Crippen molar-refractivity contribution in [3.63, 3.8) is 0 Å². The summed E-state index contributed by atoms with van der Waals surface area (Å²) in [5, 5.41) is 0. The predicted octanol–water partition coefficient (Wildman–Crippen LogP) is 1.73. The zero-order valence-corrected chi connectivity index (χ0v) is 19.0. The van der Waals surface area contributed by atoms with Crippen molar-refractivity contribution in [2.45, 2.75) is 6.04 Å². The predicted molar refractivity (Wildman–Crippen MR) is 127 cm³/mol. The molecule has 0 radical (unpaired) electrons. The van der Waals surface area contributed by atoms with Gasteiger partial charge < -0.3 is 14.5 Å². The van der Waals surface area contributed by atoms with Gasteiger partial charge in [0.1, 0.15) is 12.1 Å². The second-order valence-corrected chi connectivity index (χ2v) is 7.85. The fourth-order valence-electron chi connectivity index (χ4n) is 3.85. The Hall–Kier alpha value is -4.43. The van der Waals surface area contributed by atoms with E-state index in [1.54, 1.807) is 44.4 Å². The smallest absolute Gasteiger partial charge is 0.233 e. The zero-order chi connectivity index (χ0) is 24.0. The van der Waals surface area contributed by atoms with E-state index in [4.69, 9.17) is 4.74 Å². The highest BCUT2D eigenvalue weighted by atomic mass is 19.1. The van der Waals surface area contributed by atoms with Crippen LogP contribution in [0.5, 0.6) is 0 Å². The van der Waals surface area contributed by atoms with E-state index in [0.717, 1.165) is 17.6 Å². The molecule has 0 saturated carbocycles. The number of aromatic nitrogens is 7. The summed E-state index contributed by atoms with van der Waals surface area (Å²) in [6.07, 6.45) is 13.0. The summed E-state index contributed by atoms with van der Waals surface area (Å²) in [5.74, 6) is 7.43. The molecular weight excluding hydrogens is 449 g/mol. The normalized spacial score (nSPS) is 15.5. The van der Waals surface area contributed by atoms with E-state index in [0.29, 0.717) is 43.6 Å². The molecule has 0 aliphatic carbocycles. The van der Waals surface area contributed by atoms with Crippen LogP contribution in [0.15, 0.2) is 61.8 Å². The maximum Gasteiger partial charge on any atom is 0.233 e. The monoisotopic (exact) mass is 471 g/mol. The second-order valence-electron chi connectivity index (χ2n) is 7.85. The van der Waals surface area contributed by atoms with E-state index >= 15 is 0 Å². The lowest BCUT2D eigenvalue weighted by molar-refractivity contribution is 0.173. The first-order valence-electron chi connectivity index (χ1n) is 11.0. The summed E-state index contributed by atoms with van der Waals surface area (Å²) >= 11 is 0. The fourth-order valence-corrected chi connectivity index (χ4v) is 3.85. The van der Waals surface area contributed by atoms with Crippen molar-refractivity contribution in [1.82, 2.24) is 34.5 Å². The maximum atomic E-state index is 13.6. The van der Waals surface area contributed by atoms with Crippen LogP contribution in [0.4, 0.5) is 16.2 Å². The Morgan fingerprint density at radius 3 is 2.51 bits per heavy atom. The molecule has 0 bridgehead atoms. The maximum absolute atomic E-state index is 13.6. The number of hydrogen-bond acceptors (Lipinski definition) is 9. The van der Waals surface area contributed by atoms with Gasteiger partial charge in [0.15, 0.2) is 5.82 Å². The zero-order valence-electron chi connectivity index (χ0n) is 19.0. The van der Waals surface area contributed by atoms with Crippen LogP contribution in [-0.4, -0.2) is 73.9 Å². The standard InChI is InChI=1S/C24H22FN9O/c1-35-16-20-15-32(8-9-34(20)23-14-27-13-21(25)31-23)24-29-11-19(12-30-24)3-2-18-4-5-22(28-10-18)33-7-6-26-17-33/h4-7,10-14,17,20H,8-9,15-16H2,1H3/t20-/m1/s1. The molecule has 176 valence electrons. The van der Waals surface area contributed by atoms with E-state index in [1.807, 2.05) is 27.8 Å². The minimum absolute atomic E-state index is 0.0503. The summed E-state index contributed by atoms with van der Waals surface area (Å²) in [7, 11) is 1.64. The van der Waals surface area contributed by atoms with Gasteiger partial charge in [-0.15, -0.1) is 0 Å². The molecule has 1 aliphatic rings. The van der Waals surface area contributed by atoms with Crippen molar-refractivity contribution < 1.29 is 9.13 Å². The van der Waals surface area contributed by atoms with Gasteiger partial charge in [-0.2, -0.15) is 9.37 Å². The number of methoxy groups -OCH3 is 1. The van der Waals surface area contributed by atoms with Crippen LogP contribution in [-0.2, 0) is 4.74 Å². The van der Waals surface area contributed by atoms with Crippen LogP contribution < -0.4 is 9.80 Å². The van der Waals surface area contributed by atoms with Crippen LogP contribution in [0, 0.1) is 17.8 Å². The Bertz CT molecular complexity index is 1320. The van der Waals surface area contributed by atoms with Crippen LogP contribution in [0.1, 0.15) is 11.1 Å². The van der Waals surface area contributed by atoms with Gasteiger partial charge in [-0.05, 0) is 12.1 Å². The highest BCUT2D eigenvalue weighted by Crippen LogP contribution is 2.21. The van der Waals surface area contributed by atoms with Crippen molar-refractivity contribution in [1.29, 1.82) is 0 Å². The third-order valence-electron chi connectivity index (χ3n) is 5.52. The van der Waals surface area contributed by atoms with Crippen molar-refractivity contribution in [3.8, 4) is 17.7 Å². The van der Waals surface area contributed by atoms with Crippen molar-refractivity contribution in [2.24, 2.45) is 0 Å². The Kier molecular flexibility index (Phi) is 6.54. The average Bonchev–Trinajstić information content (AvgIpc) is 3.43. The van der Waals surface area contributed by atoms with Crippen LogP contribution in [0.2, 0.25) is 0 Å². The van der Waals surface area contributed by atoms with Gasteiger partial charge in [-0.1, -0.05) is 11.8 Å². The van der Waals surface area contributed by atoms with Gasteiger partial charge in [0, 0.05) is 63.3 Å². The van der Waals surface area contributed by atoms with E-state index in [1.165, 1.54) is 0 Å². The lowest BCUT2D eigenvalue weighted by Crippen LogP contribution is -2.56. The molecule has 5 heterocycles. The van der Waals surface area contributed by atoms with Gasteiger partial charge >= 0.3 is 0 Å². The average molecular weight is 472 g/mol. The minimum Gasteiger partial charge on any atom is -0.382 e. The van der Waals surface area contributed by atoms with Crippen LogP contribution in [0.25, 0.3) is 5.82 Å². The molecule has 5 rings (SSSR count). The number of imidazole rings is 1. The highest BCUT2D eigenvalue weighted by Gasteiger charge is 2.29. The Labute approximate surface area is 201 Å². The molecule has 0 N–H and O–H groups in total. The summed E-state index contributed by atoms with van der Waals surface area (Å²) < 4.78 is 20.8. The second kappa shape index (κ2) is 10.2. The van der Waals surface area contributed by atoms with Crippen molar-refractivity contribution in [3.05, 3.63) is 78.9 Å². The number of rotatable bonds is 5. The molecule has 0 unspecified atom stereocenters. The molecule has 11 heteroatoms. The topological polar surface area (TPSA) is 98.0 Å². The van der Waals surface area contributed by atoms with Crippen molar-refractivity contribution >= 4 is 11.8 Å². The van der Waals surface area contributed by atoms with Crippen LogP contribution >= 0.6 is 0 Å². The van der Waals surface area contributed by atoms with Gasteiger partial charge in [-0.3, -0.25) is 9.55 Å². The Morgan fingerprint density at radius 2 is 1.80 bits per heavy atom. The molecule has 1 fully saturated rings. The summed E-state index contributed by atoms with van der Waals surface area (Å²) in [6.45, 7) is 2.31. The van der Waals surface area contributed by atoms with Crippen LogP contribution in [0.3, 0.4) is 0 Å². The minimum atomic E-state index is -0.606. The molecule has 10 nitrogen and oxygen atoms in total. The highest BCUT2D eigenvalue weighted by molar-refractivity contribution is 5.45. The quantitative estimate of drug-likeness (QED) is 0.403. The van der Waals surface area contributed by atoms with Gasteiger partial charge in [-0.25, -0.2) is 19.9 Å². The molecule has 35 heavy (non-hydrogen) atoms. The molecule has 0 aromatic carbocycles. The number of ether oxygens (including phenoxy) is 1. The number of piperazine rings is 1. The molecule has 4 aromatic heterocycles. The third kappa shape index (κ3) is 5.23. The largest absolute Gasteiger partial charge is 0.382 e. The van der Waals surface area contributed by atoms with E-state index < -0.39 is 5.95 Å². The molecule has 1 saturated heterocycles. The first kappa shape index (κ1) is 22.4.